The Morgan fingerprint density at radius 1 is 1.37 bits per heavy atom. The standard InChI is InChI=1S/C11H16N2O4S2/c1-8-10(7-9(18-8)11(14)15)19(16,17)12-13-5-3-2-4-6-13/h7,12H,2-6H2,1H3,(H,14,15). The van der Waals surface area contributed by atoms with Crippen molar-refractivity contribution in [3.05, 3.63) is 15.8 Å². The van der Waals surface area contributed by atoms with Gasteiger partial charge in [0.25, 0.3) is 10.0 Å². The number of thiophene rings is 1. The smallest absolute Gasteiger partial charge is 0.345 e. The molecule has 19 heavy (non-hydrogen) atoms. The molecular formula is C11H16N2O4S2. The number of sulfonamides is 1. The number of aromatic carboxylic acids is 1. The fourth-order valence-corrected chi connectivity index (χ4v) is 4.60. The molecular weight excluding hydrogens is 288 g/mol. The van der Waals surface area contributed by atoms with Gasteiger partial charge in [-0.1, -0.05) is 6.42 Å². The zero-order valence-corrected chi connectivity index (χ0v) is 12.2. The minimum absolute atomic E-state index is 0.0384. The summed E-state index contributed by atoms with van der Waals surface area (Å²) >= 11 is 0.974. The fourth-order valence-electron chi connectivity index (χ4n) is 2.04. The van der Waals surface area contributed by atoms with Gasteiger partial charge in [0.2, 0.25) is 0 Å². The predicted octanol–water partition coefficient (Wildman–Crippen LogP) is 1.43. The molecule has 106 valence electrons. The molecule has 1 aliphatic rings. The Hall–Kier alpha value is -0.960. The van der Waals surface area contributed by atoms with Crippen LogP contribution in [0.4, 0.5) is 0 Å². The van der Waals surface area contributed by atoms with Gasteiger partial charge >= 0.3 is 5.97 Å². The van der Waals surface area contributed by atoms with Crippen LogP contribution in [0.5, 0.6) is 0 Å². The summed E-state index contributed by atoms with van der Waals surface area (Å²) in [4.78, 5) is 14.0. The average Bonchev–Trinajstić information content (AvgIpc) is 2.73. The van der Waals surface area contributed by atoms with Gasteiger partial charge in [-0.15, -0.1) is 16.2 Å². The number of nitrogens with one attached hydrogen (secondary N) is 1. The van der Waals surface area contributed by atoms with Crippen LogP contribution in [0.3, 0.4) is 0 Å². The number of hydrogen-bond donors (Lipinski definition) is 2. The number of piperidine rings is 1. The summed E-state index contributed by atoms with van der Waals surface area (Å²) in [7, 11) is -3.68. The van der Waals surface area contributed by atoms with Crippen molar-refractivity contribution in [2.24, 2.45) is 0 Å². The van der Waals surface area contributed by atoms with Crippen LogP contribution in [-0.4, -0.2) is 37.6 Å². The quantitative estimate of drug-likeness (QED) is 0.879. The molecule has 0 atom stereocenters. The van der Waals surface area contributed by atoms with Gasteiger partial charge in [-0.2, -0.15) is 0 Å². The summed E-state index contributed by atoms with van der Waals surface area (Å²) in [6, 6.07) is 1.22. The molecule has 2 heterocycles. The first kappa shape index (κ1) is 14.4. The lowest BCUT2D eigenvalue weighted by Crippen LogP contribution is -2.44. The number of nitrogens with zero attached hydrogens (tertiary/aromatic N) is 1. The lowest BCUT2D eigenvalue weighted by Gasteiger charge is -2.26. The molecule has 0 aromatic carbocycles. The van der Waals surface area contributed by atoms with E-state index in [2.05, 4.69) is 4.83 Å². The van der Waals surface area contributed by atoms with Gasteiger partial charge in [0.05, 0.1) is 4.90 Å². The van der Waals surface area contributed by atoms with E-state index in [4.69, 9.17) is 5.11 Å². The Labute approximate surface area is 116 Å². The Morgan fingerprint density at radius 3 is 2.53 bits per heavy atom. The lowest BCUT2D eigenvalue weighted by atomic mass is 10.2. The summed E-state index contributed by atoms with van der Waals surface area (Å²) in [6.45, 7) is 2.99. The highest BCUT2D eigenvalue weighted by molar-refractivity contribution is 7.89. The normalized spacial score (nSPS) is 17.5. The third kappa shape index (κ3) is 3.33. The fraction of sp³-hybridized carbons (Fsp3) is 0.545. The molecule has 1 aromatic rings. The molecule has 1 fully saturated rings. The Balaban J connectivity index is 2.21. The van der Waals surface area contributed by atoms with Crippen molar-refractivity contribution >= 4 is 27.3 Å². The van der Waals surface area contributed by atoms with Gasteiger partial charge in [0, 0.05) is 18.0 Å². The van der Waals surface area contributed by atoms with E-state index in [0.717, 1.165) is 30.6 Å². The van der Waals surface area contributed by atoms with Crippen LogP contribution in [-0.2, 0) is 10.0 Å². The van der Waals surface area contributed by atoms with Crippen LogP contribution in [0.15, 0.2) is 11.0 Å². The third-order valence-corrected chi connectivity index (χ3v) is 5.65. The number of carboxylic acids is 1. The molecule has 2 rings (SSSR count). The monoisotopic (exact) mass is 304 g/mol. The summed E-state index contributed by atoms with van der Waals surface area (Å²) in [5.41, 5.74) is 0. The maximum atomic E-state index is 12.2. The van der Waals surface area contributed by atoms with Crippen molar-refractivity contribution in [1.29, 1.82) is 0 Å². The van der Waals surface area contributed by atoms with Crippen molar-refractivity contribution in [2.45, 2.75) is 31.1 Å². The highest BCUT2D eigenvalue weighted by Gasteiger charge is 2.24. The number of carbonyl (C=O) groups is 1. The first-order chi connectivity index (χ1) is 8.90. The maximum Gasteiger partial charge on any atom is 0.345 e. The van der Waals surface area contributed by atoms with Crippen molar-refractivity contribution in [3.8, 4) is 0 Å². The maximum absolute atomic E-state index is 12.2. The van der Waals surface area contributed by atoms with Gasteiger partial charge in [0.15, 0.2) is 0 Å². The molecule has 1 saturated heterocycles. The predicted molar refractivity (Wildman–Crippen MR) is 71.8 cm³/mol. The lowest BCUT2D eigenvalue weighted by molar-refractivity contribution is 0.0702. The molecule has 2 N–H and O–H groups in total. The van der Waals surface area contributed by atoms with Crippen LogP contribution in [0.1, 0.15) is 33.8 Å². The van der Waals surface area contributed by atoms with Crippen LogP contribution in [0.2, 0.25) is 0 Å². The van der Waals surface area contributed by atoms with Crippen LogP contribution < -0.4 is 4.83 Å². The highest BCUT2D eigenvalue weighted by Crippen LogP contribution is 2.26. The summed E-state index contributed by atoms with van der Waals surface area (Å²) in [6.07, 6.45) is 3.04. The number of carboxylic acid groups (broad SMARTS) is 1. The molecule has 8 heteroatoms. The molecule has 0 aliphatic carbocycles. The third-order valence-electron chi connectivity index (χ3n) is 2.98. The number of aryl methyl sites for hydroxylation is 1. The average molecular weight is 304 g/mol. The Kier molecular flexibility index (Phi) is 4.24. The highest BCUT2D eigenvalue weighted by atomic mass is 32.2. The van der Waals surface area contributed by atoms with E-state index in [1.807, 2.05) is 0 Å². The van der Waals surface area contributed by atoms with Crippen molar-refractivity contribution in [2.75, 3.05) is 13.1 Å². The topological polar surface area (TPSA) is 86.7 Å². The zero-order chi connectivity index (χ0) is 14.0. The summed E-state index contributed by atoms with van der Waals surface area (Å²) in [5.74, 6) is -1.10. The minimum Gasteiger partial charge on any atom is -0.477 e. The van der Waals surface area contributed by atoms with E-state index in [9.17, 15) is 13.2 Å². The summed E-state index contributed by atoms with van der Waals surface area (Å²) < 4.78 is 24.4. The second-order valence-electron chi connectivity index (χ2n) is 4.48. The van der Waals surface area contributed by atoms with Crippen molar-refractivity contribution in [1.82, 2.24) is 9.84 Å². The molecule has 0 amide bonds. The van der Waals surface area contributed by atoms with Crippen LogP contribution >= 0.6 is 11.3 Å². The SMILES string of the molecule is Cc1sc(C(=O)O)cc1S(=O)(=O)NN1CCCCC1. The van der Waals surface area contributed by atoms with Crippen molar-refractivity contribution < 1.29 is 18.3 Å². The zero-order valence-electron chi connectivity index (χ0n) is 10.5. The number of hydrogen-bond acceptors (Lipinski definition) is 5. The molecule has 0 radical (unpaired) electrons. The minimum atomic E-state index is -3.68. The van der Waals surface area contributed by atoms with Crippen LogP contribution in [0.25, 0.3) is 0 Å². The van der Waals surface area contributed by atoms with E-state index in [1.165, 1.54) is 6.07 Å². The molecule has 1 aliphatic heterocycles. The van der Waals surface area contributed by atoms with E-state index in [0.29, 0.717) is 18.0 Å². The van der Waals surface area contributed by atoms with E-state index in [-0.39, 0.29) is 9.77 Å². The largest absolute Gasteiger partial charge is 0.477 e. The molecule has 0 spiro atoms. The van der Waals surface area contributed by atoms with Crippen molar-refractivity contribution in [3.63, 3.8) is 0 Å². The summed E-state index contributed by atoms with van der Waals surface area (Å²) in [5, 5.41) is 10.6. The molecule has 0 unspecified atom stereocenters. The Bertz CT molecular complexity index is 574. The van der Waals surface area contributed by atoms with Gasteiger partial charge < -0.3 is 5.11 Å². The molecule has 0 bridgehead atoms. The van der Waals surface area contributed by atoms with Gasteiger partial charge in [-0.05, 0) is 25.8 Å². The van der Waals surface area contributed by atoms with Crippen LogP contribution in [0, 0.1) is 6.92 Å². The second kappa shape index (κ2) is 5.58. The van der Waals surface area contributed by atoms with Gasteiger partial charge in [-0.25, -0.2) is 18.2 Å². The number of rotatable bonds is 4. The van der Waals surface area contributed by atoms with Gasteiger partial charge in [0.1, 0.15) is 4.88 Å². The Morgan fingerprint density at radius 2 is 2.00 bits per heavy atom. The molecule has 6 nitrogen and oxygen atoms in total. The molecule has 1 aromatic heterocycles. The molecule has 0 saturated carbocycles. The van der Waals surface area contributed by atoms with E-state index in [1.54, 1.807) is 11.9 Å². The number of hydrazine groups is 1. The van der Waals surface area contributed by atoms with Gasteiger partial charge in [-0.3, -0.25) is 0 Å². The second-order valence-corrected chi connectivity index (χ2v) is 7.36. The van der Waals surface area contributed by atoms with E-state index >= 15 is 0 Å². The van der Waals surface area contributed by atoms with E-state index < -0.39 is 16.0 Å². The first-order valence-corrected chi connectivity index (χ1v) is 8.31. The first-order valence-electron chi connectivity index (χ1n) is 6.01.